The molecule has 0 spiro atoms. The minimum atomic E-state index is -4.32. The molecule has 0 aliphatic carbocycles. The molecular weight excluding hydrogens is 441 g/mol. The first kappa shape index (κ1) is 23.7. The normalized spacial score (nSPS) is 18.6. The lowest BCUT2D eigenvalue weighted by molar-refractivity contribution is -0.233. The first-order valence-corrected chi connectivity index (χ1v) is 11.0. The van der Waals surface area contributed by atoms with Crippen molar-refractivity contribution in [2.24, 2.45) is 10.9 Å². The Hall–Kier alpha value is -3.45. The smallest absolute Gasteiger partial charge is 0.414 e. The van der Waals surface area contributed by atoms with Crippen LogP contribution in [0.25, 0.3) is 6.08 Å². The van der Waals surface area contributed by atoms with Crippen LogP contribution in [0.15, 0.2) is 84.0 Å². The van der Waals surface area contributed by atoms with Gasteiger partial charge in [-0.15, -0.1) is 0 Å². The summed E-state index contributed by atoms with van der Waals surface area (Å²) in [4.78, 5) is 9.27. The molecule has 4 rings (SSSR count). The van der Waals surface area contributed by atoms with Crippen LogP contribution in [0.4, 0.5) is 18.9 Å². The number of aromatic nitrogens is 1. The number of hydrogen-bond acceptors (Lipinski definition) is 4. The van der Waals surface area contributed by atoms with Crippen molar-refractivity contribution in [2.75, 3.05) is 13.7 Å². The number of ether oxygens (including phenoxy) is 2. The third-order valence-electron chi connectivity index (χ3n) is 5.62. The molecule has 4 nitrogen and oxygen atoms in total. The summed E-state index contributed by atoms with van der Waals surface area (Å²) in [5.41, 5.74) is 4.09. The molecule has 0 saturated carbocycles. The van der Waals surface area contributed by atoms with E-state index >= 15 is 0 Å². The van der Waals surface area contributed by atoms with E-state index < -0.39 is 12.3 Å². The van der Waals surface area contributed by atoms with E-state index in [0.717, 1.165) is 16.8 Å². The second-order valence-corrected chi connectivity index (χ2v) is 8.04. The fourth-order valence-electron chi connectivity index (χ4n) is 3.85. The van der Waals surface area contributed by atoms with Crippen LogP contribution >= 0.6 is 0 Å². The van der Waals surface area contributed by atoms with Crippen LogP contribution in [0, 0.1) is 5.92 Å². The SMILES string of the molecule is COc1ncc(N=C(c2ccccc2)c2ccccc2)cc1C=CC1CCC(C(F)(F)F)OC1. The van der Waals surface area contributed by atoms with Gasteiger partial charge in [0.1, 0.15) is 0 Å². The van der Waals surface area contributed by atoms with E-state index in [2.05, 4.69) is 4.98 Å². The maximum atomic E-state index is 12.8. The summed E-state index contributed by atoms with van der Waals surface area (Å²) in [6.07, 6.45) is -0.327. The molecule has 0 radical (unpaired) electrons. The van der Waals surface area contributed by atoms with Crippen molar-refractivity contribution in [1.29, 1.82) is 0 Å². The van der Waals surface area contributed by atoms with E-state index in [1.54, 1.807) is 6.20 Å². The van der Waals surface area contributed by atoms with Gasteiger partial charge in [-0.25, -0.2) is 9.98 Å². The molecular formula is C27H25F3N2O2. The lowest BCUT2D eigenvalue weighted by Crippen LogP contribution is -2.37. The molecule has 1 aliphatic rings. The molecule has 3 aromatic rings. The summed E-state index contributed by atoms with van der Waals surface area (Å²) in [7, 11) is 1.53. The highest BCUT2D eigenvalue weighted by Gasteiger charge is 2.42. The van der Waals surface area contributed by atoms with Gasteiger partial charge < -0.3 is 9.47 Å². The Morgan fingerprint density at radius 3 is 2.21 bits per heavy atom. The highest BCUT2D eigenvalue weighted by Crippen LogP contribution is 2.32. The molecule has 2 unspecified atom stereocenters. The van der Waals surface area contributed by atoms with Crippen LogP contribution in [0.3, 0.4) is 0 Å². The number of benzene rings is 2. The predicted molar refractivity (Wildman–Crippen MR) is 127 cm³/mol. The number of pyridine rings is 1. The molecule has 1 saturated heterocycles. The van der Waals surface area contributed by atoms with Crippen LogP contribution in [0.1, 0.15) is 29.5 Å². The monoisotopic (exact) mass is 466 g/mol. The van der Waals surface area contributed by atoms with Crippen molar-refractivity contribution in [3.05, 3.63) is 95.7 Å². The van der Waals surface area contributed by atoms with Gasteiger partial charge in [0.2, 0.25) is 5.88 Å². The molecule has 0 amide bonds. The Morgan fingerprint density at radius 1 is 1.03 bits per heavy atom. The van der Waals surface area contributed by atoms with Crippen LogP contribution in [0.5, 0.6) is 5.88 Å². The fourth-order valence-corrected chi connectivity index (χ4v) is 3.85. The zero-order chi connectivity index (χ0) is 24.0. The number of methoxy groups -OCH3 is 1. The molecule has 2 atom stereocenters. The molecule has 7 heteroatoms. The summed E-state index contributed by atoms with van der Waals surface area (Å²) in [6, 6.07) is 21.6. The maximum Gasteiger partial charge on any atom is 0.414 e. The molecule has 2 aromatic carbocycles. The van der Waals surface area contributed by atoms with Gasteiger partial charge in [-0.1, -0.05) is 72.8 Å². The zero-order valence-corrected chi connectivity index (χ0v) is 18.7. The molecule has 34 heavy (non-hydrogen) atoms. The lowest BCUT2D eigenvalue weighted by atomic mass is 9.97. The summed E-state index contributed by atoms with van der Waals surface area (Å²) >= 11 is 0. The van der Waals surface area contributed by atoms with Crippen molar-refractivity contribution in [1.82, 2.24) is 4.98 Å². The van der Waals surface area contributed by atoms with Gasteiger partial charge >= 0.3 is 6.18 Å². The Balaban J connectivity index is 1.60. The third-order valence-corrected chi connectivity index (χ3v) is 5.62. The van der Waals surface area contributed by atoms with E-state index in [4.69, 9.17) is 14.5 Å². The van der Waals surface area contributed by atoms with Crippen LogP contribution in [-0.4, -0.2) is 36.7 Å². The van der Waals surface area contributed by atoms with Gasteiger partial charge in [0, 0.05) is 22.6 Å². The highest BCUT2D eigenvalue weighted by atomic mass is 19.4. The lowest BCUT2D eigenvalue weighted by Gasteiger charge is -2.28. The van der Waals surface area contributed by atoms with Crippen LogP contribution in [0.2, 0.25) is 0 Å². The minimum absolute atomic E-state index is 0.0282. The summed E-state index contributed by atoms with van der Waals surface area (Å²) in [6.45, 7) is 0.0282. The number of halogens is 3. The Morgan fingerprint density at radius 2 is 1.68 bits per heavy atom. The van der Waals surface area contributed by atoms with E-state index in [0.29, 0.717) is 23.6 Å². The standard InChI is InChI=1S/C27H25F3N2O2/c1-33-26-22(14-12-19-13-15-24(34-18-19)27(28,29)30)16-23(17-31-26)32-25(20-8-4-2-5-9-20)21-10-6-3-7-11-21/h2-12,14,16-17,19,24H,13,15,18H2,1H3. The molecule has 2 heterocycles. The minimum Gasteiger partial charge on any atom is -0.481 e. The van der Waals surface area contributed by atoms with Crippen LogP contribution in [-0.2, 0) is 4.74 Å². The number of nitrogens with zero attached hydrogens (tertiary/aromatic N) is 2. The predicted octanol–water partition coefficient (Wildman–Crippen LogP) is 6.63. The topological polar surface area (TPSA) is 43.7 Å². The van der Waals surface area contributed by atoms with Crippen molar-refractivity contribution in [3.63, 3.8) is 0 Å². The zero-order valence-electron chi connectivity index (χ0n) is 18.7. The van der Waals surface area contributed by atoms with Crippen molar-refractivity contribution >= 4 is 17.5 Å². The number of alkyl halides is 3. The summed E-state index contributed by atoms with van der Waals surface area (Å²) in [5.74, 6) is 0.306. The second-order valence-electron chi connectivity index (χ2n) is 8.04. The Labute approximate surface area is 196 Å². The number of hydrogen-bond donors (Lipinski definition) is 0. The van der Waals surface area contributed by atoms with Gasteiger partial charge in [-0.05, 0) is 18.9 Å². The summed E-state index contributed by atoms with van der Waals surface area (Å²) < 4.78 is 48.9. The van der Waals surface area contributed by atoms with E-state index in [9.17, 15) is 13.2 Å². The average molecular weight is 467 g/mol. The van der Waals surface area contributed by atoms with Crippen molar-refractivity contribution < 1.29 is 22.6 Å². The van der Waals surface area contributed by atoms with Crippen molar-refractivity contribution in [2.45, 2.75) is 25.1 Å². The van der Waals surface area contributed by atoms with E-state index in [1.807, 2.05) is 78.9 Å². The molecule has 1 fully saturated rings. The van der Waals surface area contributed by atoms with Crippen molar-refractivity contribution in [3.8, 4) is 5.88 Å². The number of aliphatic imine (C=N–C) groups is 1. The first-order chi connectivity index (χ1) is 16.4. The summed E-state index contributed by atoms with van der Waals surface area (Å²) in [5, 5.41) is 0. The van der Waals surface area contributed by atoms with Gasteiger partial charge in [-0.3, -0.25) is 0 Å². The Kier molecular flexibility index (Phi) is 7.43. The molecule has 1 aliphatic heterocycles. The van der Waals surface area contributed by atoms with Gasteiger partial charge in [0.25, 0.3) is 0 Å². The Bertz CT molecular complexity index is 1100. The molecule has 176 valence electrons. The van der Waals surface area contributed by atoms with Crippen LogP contribution < -0.4 is 4.74 Å². The molecule has 0 N–H and O–H groups in total. The van der Waals surface area contributed by atoms with Gasteiger partial charge in [0.15, 0.2) is 6.10 Å². The van der Waals surface area contributed by atoms with Gasteiger partial charge in [-0.2, -0.15) is 13.2 Å². The largest absolute Gasteiger partial charge is 0.481 e. The molecule has 0 bridgehead atoms. The number of rotatable bonds is 6. The van der Waals surface area contributed by atoms with Gasteiger partial charge in [0.05, 0.1) is 31.3 Å². The van der Waals surface area contributed by atoms with E-state index in [-0.39, 0.29) is 18.9 Å². The quantitative estimate of drug-likeness (QED) is 0.383. The maximum absolute atomic E-state index is 12.8. The van der Waals surface area contributed by atoms with E-state index in [1.165, 1.54) is 7.11 Å². The third kappa shape index (κ3) is 5.91. The average Bonchev–Trinajstić information content (AvgIpc) is 2.87. The second kappa shape index (κ2) is 10.7. The molecule has 1 aromatic heterocycles. The highest BCUT2D eigenvalue weighted by molar-refractivity contribution is 6.13. The fraction of sp³-hybridized carbons (Fsp3) is 0.259. The first-order valence-electron chi connectivity index (χ1n) is 11.0.